The number of nitrogens with one attached hydrogen (secondary N) is 1. The fraction of sp³-hybridized carbons (Fsp3) is 0.364. The van der Waals surface area contributed by atoms with Gasteiger partial charge in [-0.05, 0) is 31.2 Å². The lowest BCUT2D eigenvalue weighted by atomic mass is 10.1. The van der Waals surface area contributed by atoms with Crippen molar-refractivity contribution in [1.82, 2.24) is 24.5 Å². The van der Waals surface area contributed by atoms with Gasteiger partial charge >= 0.3 is 0 Å². The molecule has 0 aliphatic carbocycles. The van der Waals surface area contributed by atoms with Crippen molar-refractivity contribution < 1.29 is 18.8 Å². The van der Waals surface area contributed by atoms with Gasteiger partial charge in [-0.1, -0.05) is 5.16 Å². The molecule has 0 saturated carbocycles. The second kappa shape index (κ2) is 9.65. The van der Waals surface area contributed by atoms with Crippen LogP contribution in [0.3, 0.4) is 0 Å². The Kier molecular flexibility index (Phi) is 6.50. The van der Waals surface area contributed by atoms with Crippen LogP contribution < -0.4 is 10.1 Å². The lowest BCUT2D eigenvalue weighted by Crippen LogP contribution is -2.50. The van der Waals surface area contributed by atoms with Crippen LogP contribution >= 0.6 is 0 Å². The molecule has 0 atom stereocenters. The van der Waals surface area contributed by atoms with Crippen LogP contribution in [0.15, 0.2) is 47.2 Å². The third-order valence-corrected chi connectivity index (χ3v) is 5.31. The molecule has 1 saturated heterocycles. The molecule has 168 valence electrons. The first-order valence-electron chi connectivity index (χ1n) is 10.4. The summed E-state index contributed by atoms with van der Waals surface area (Å²) in [6.07, 6.45) is 3.59. The van der Waals surface area contributed by atoms with E-state index in [1.54, 1.807) is 48.4 Å². The normalized spacial score (nSPS) is 14.4. The highest BCUT2D eigenvalue weighted by molar-refractivity contribution is 5.94. The van der Waals surface area contributed by atoms with Crippen molar-refractivity contribution in [3.63, 3.8) is 0 Å². The molecule has 0 radical (unpaired) electrons. The Morgan fingerprint density at radius 1 is 1.16 bits per heavy atom. The summed E-state index contributed by atoms with van der Waals surface area (Å²) in [7, 11) is 1.91. The molecule has 4 rings (SSSR count). The number of piperazine rings is 1. The van der Waals surface area contributed by atoms with Gasteiger partial charge in [-0.25, -0.2) is 4.98 Å². The topological polar surface area (TPSA) is 106 Å². The second-order valence-electron chi connectivity index (χ2n) is 7.71. The van der Waals surface area contributed by atoms with E-state index in [0.717, 1.165) is 5.82 Å². The van der Waals surface area contributed by atoms with Crippen LogP contribution in [-0.2, 0) is 18.4 Å². The van der Waals surface area contributed by atoms with Gasteiger partial charge in [-0.3, -0.25) is 14.5 Å². The zero-order valence-electron chi connectivity index (χ0n) is 18.2. The Hall–Kier alpha value is -3.66. The molecule has 0 spiro atoms. The Balaban J connectivity index is 1.23. The molecule has 1 aliphatic rings. The van der Waals surface area contributed by atoms with E-state index in [0.29, 0.717) is 55.7 Å². The molecule has 10 nitrogen and oxygen atoms in total. The molecular formula is C22H26N6O4. The van der Waals surface area contributed by atoms with E-state index in [1.165, 1.54) is 0 Å². The van der Waals surface area contributed by atoms with E-state index in [2.05, 4.69) is 15.5 Å². The lowest BCUT2D eigenvalue weighted by molar-refractivity contribution is -0.117. The number of anilines is 1. The largest absolute Gasteiger partial charge is 0.486 e. The number of aromatic nitrogens is 3. The summed E-state index contributed by atoms with van der Waals surface area (Å²) in [4.78, 5) is 33.0. The summed E-state index contributed by atoms with van der Waals surface area (Å²) >= 11 is 0. The zero-order valence-corrected chi connectivity index (χ0v) is 18.2. The molecule has 1 aromatic carbocycles. The van der Waals surface area contributed by atoms with E-state index in [-0.39, 0.29) is 18.4 Å². The van der Waals surface area contributed by atoms with Gasteiger partial charge in [0.15, 0.2) is 5.82 Å². The van der Waals surface area contributed by atoms with Gasteiger partial charge < -0.3 is 24.0 Å². The first-order valence-corrected chi connectivity index (χ1v) is 10.4. The minimum absolute atomic E-state index is 0.0252. The zero-order chi connectivity index (χ0) is 22.5. The predicted octanol–water partition coefficient (Wildman–Crippen LogP) is 1.69. The van der Waals surface area contributed by atoms with Crippen molar-refractivity contribution >= 4 is 17.6 Å². The molecule has 3 aromatic rings. The van der Waals surface area contributed by atoms with Crippen LogP contribution in [0.4, 0.5) is 5.82 Å². The first kappa shape index (κ1) is 21.6. The van der Waals surface area contributed by atoms with Crippen molar-refractivity contribution in [1.29, 1.82) is 0 Å². The van der Waals surface area contributed by atoms with Gasteiger partial charge in [0, 0.05) is 57.3 Å². The summed E-state index contributed by atoms with van der Waals surface area (Å²) in [5.74, 6) is 2.38. The maximum absolute atomic E-state index is 12.8. The maximum atomic E-state index is 12.8. The summed E-state index contributed by atoms with van der Waals surface area (Å²) in [5.41, 5.74) is 0.613. The van der Waals surface area contributed by atoms with Gasteiger partial charge in [0.1, 0.15) is 23.9 Å². The third kappa shape index (κ3) is 5.33. The van der Waals surface area contributed by atoms with Gasteiger partial charge in [0.25, 0.3) is 5.91 Å². The average molecular weight is 438 g/mol. The number of ether oxygens (including phenoxy) is 1. The van der Waals surface area contributed by atoms with Crippen LogP contribution in [0.1, 0.15) is 21.9 Å². The standard InChI is InChI=1S/C22H26N6O4/c1-16-13-19(25-32-16)24-21(29)14-27-9-11-28(12-10-27)22(30)17-3-5-18(6-4-17)31-15-20-23-7-8-26(20)2/h3-8,13H,9-12,14-15H2,1-2H3,(H,24,25,29). The molecule has 3 heterocycles. The number of imidazole rings is 1. The van der Waals surface area contributed by atoms with E-state index in [4.69, 9.17) is 9.26 Å². The first-order chi connectivity index (χ1) is 15.5. The highest BCUT2D eigenvalue weighted by atomic mass is 16.5. The van der Waals surface area contributed by atoms with Crippen LogP contribution in [0.2, 0.25) is 0 Å². The number of rotatable bonds is 7. The van der Waals surface area contributed by atoms with E-state index in [9.17, 15) is 9.59 Å². The van der Waals surface area contributed by atoms with Crippen molar-refractivity contribution in [3.05, 3.63) is 59.9 Å². The molecule has 32 heavy (non-hydrogen) atoms. The molecule has 0 unspecified atom stereocenters. The van der Waals surface area contributed by atoms with Crippen LogP contribution in [0.5, 0.6) is 5.75 Å². The van der Waals surface area contributed by atoms with Crippen molar-refractivity contribution in [2.75, 3.05) is 38.0 Å². The third-order valence-electron chi connectivity index (χ3n) is 5.31. The minimum Gasteiger partial charge on any atom is -0.486 e. The van der Waals surface area contributed by atoms with E-state index >= 15 is 0 Å². The average Bonchev–Trinajstić information content (AvgIpc) is 3.40. The Bertz CT molecular complexity index is 1070. The number of hydrogen-bond donors (Lipinski definition) is 1. The fourth-order valence-corrected chi connectivity index (χ4v) is 3.48. The summed E-state index contributed by atoms with van der Waals surface area (Å²) in [5, 5.41) is 6.47. The molecule has 2 amide bonds. The molecule has 10 heteroatoms. The Morgan fingerprint density at radius 3 is 2.53 bits per heavy atom. The number of carbonyl (C=O) groups is 2. The number of carbonyl (C=O) groups excluding carboxylic acids is 2. The SMILES string of the molecule is Cc1cc(NC(=O)CN2CCN(C(=O)c3ccc(OCc4nccn4C)cc3)CC2)no1. The van der Waals surface area contributed by atoms with Crippen LogP contribution in [0.25, 0.3) is 0 Å². The summed E-state index contributed by atoms with van der Waals surface area (Å²) in [6, 6.07) is 8.81. The lowest BCUT2D eigenvalue weighted by Gasteiger charge is -2.34. The number of hydrogen-bond acceptors (Lipinski definition) is 7. The predicted molar refractivity (Wildman–Crippen MR) is 116 cm³/mol. The highest BCUT2D eigenvalue weighted by Gasteiger charge is 2.23. The minimum atomic E-state index is -0.154. The number of amides is 2. The van der Waals surface area contributed by atoms with Crippen LogP contribution in [-0.4, -0.2) is 69.0 Å². The van der Waals surface area contributed by atoms with E-state index in [1.807, 2.05) is 22.7 Å². The monoisotopic (exact) mass is 438 g/mol. The molecule has 1 aliphatic heterocycles. The molecule has 2 aromatic heterocycles. The molecule has 1 fully saturated rings. The van der Waals surface area contributed by atoms with Gasteiger partial charge in [0.05, 0.1) is 6.54 Å². The molecule has 1 N–H and O–H groups in total. The van der Waals surface area contributed by atoms with Crippen molar-refractivity contribution in [2.24, 2.45) is 7.05 Å². The smallest absolute Gasteiger partial charge is 0.253 e. The second-order valence-corrected chi connectivity index (χ2v) is 7.71. The number of nitrogens with zero attached hydrogens (tertiary/aromatic N) is 5. The fourth-order valence-electron chi connectivity index (χ4n) is 3.48. The number of benzene rings is 1. The van der Waals surface area contributed by atoms with Gasteiger partial charge in [-0.2, -0.15) is 0 Å². The van der Waals surface area contributed by atoms with Crippen LogP contribution in [0, 0.1) is 6.92 Å². The van der Waals surface area contributed by atoms with Crippen molar-refractivity contribution in [3.8, 4) is 5.75 Å². The Morgan fingerprint density at radius 2 is 1.91 bits per heavy atom. The van der Waals surface area contributed by atoms with Crippen molar-refractivity contribution in [2.45, 2.75) is 13.5 Å². The summed E-state index contributed by atoms with van der Waals surface area (Å²) < 4.78 is 12.6. The van der Waals surface area contributed by atoms with Gasteiger partial charge in [0.2, 0.25) is 5.91 Å². The number of aryl methyl sites for hydroxylation is 2. The molecular weight excluding hydrogens is 412 g/mol. The quantitative estimate of drug-likeness (QED) is 0.598. The van der Waals surface area contributed by atoms with Gasteiger partial charge in [-0.15, -0.1) is 0 Å². The van der Waals surface area contributed by atoms with E-state index < -0.39 is 0 Å². The highest BCUT2D eigenvalue weighted by Crippen LogP contribution is 2.16. The summed E-state index contributed by atoms with van der Waals surface area (Å²) in [6.45, 7) is 4.75. The molecule has 0 bridgehead atoms. The maximum Gasteiger partial charge on any atom is 0.253 e. The Labute approximate surface area is 185 Å².